The van der Waals surface area contributed by atoms with Crippen LogP contribution >= 0.6 is 0 Å². The lowest BCUT2D eigenvalue weighted by Crippen LogP contribution is -2.55. The minimum atomic E-state index is 0.531. The summed E-state index contributed by atoms with van der Waals surface area (Å²) in [6.07, 6.45) is 7.12. The van der Waals surface area contributed by atoms with Crippen molar-refractivity contribution in [2.24, 2.45) is 17.6 Å². The van der Waals surface area contributed by atoms with E-state index in [9.17, 15) is 0 Å². The van der Waals surface area contributed by atoms with Crippen molar-refractivity contribution in [3.63, 3.8) is 0 Å². The third-order valence-electron chi connectivity index (χ3n) is 4.24. The van der Waals surface area contributed by atoms with Gasteiger partial charge in [-0.3, -0.25) is 4.90 Å². The van der Waals surface area contributed by atoms with E-state index in [0.717, 1.165) is 17.9 Å². The zero-order valence-corrected chi connectivity index (χ0v) is 8.28. The van der Waals surface area contributed by atoms with Crippen LogP contribution in [0.3, 0.4) is 0 Å². The quantitative estimate of drug-likeness (QED) is 0.657. The van der Waals surface area contributed by atoms with Gasteiger partial charge in [0.1, 0.15) is 0 Å². The maximum Gasteiger partial charge on any atom is 0.0120 e. The van der Waals surface area contributed by atoms with Crippen molar-refractivity contribution in [2.75, 3.05) is 13.1 Å². The highest BCUT2D eigenvalue weighted by Crippen LogP contribution is 2.38. The van der Waals surface area contributed by atoms with Crippen molar-refractivity contribution in [3.8, 4) is 0 Å². The first kappa shape index (κ1) is 8.25. The van der Waals surface area contributed by atoms with Crippen LogP contribution < -0.4 is 5.73 Å². The monoisotopic (exact) mass is 180 g/mol. The third kappa shape index (κ3) is 1.40. The number of piperidine rings is 1. The van der Waals surface area contributed by atoms with Crippen LogP contribution in [-0.4, -0.2) is 30.1 Å². The third-order valence-corrected chi connectivity index (χ3v) is 4.24. The second kappa shape index (κ2) is 2.96. The second-order valence-electron chi connectivity index (χ2n) is 5.21. The molecule has 0 aromatic rings. The molecule has 1 heterocycles. The predicted molar refractivity (Wildman–Crippen MR) is 53.4 cm³/mol. The van der Waals surface area contributed by atoms with Crippen LogP contribution in [0, 0.1) is 11.8 Å². The van der Waals surface area contributed by atoms with Gasteiger partial charge in [0.15, 0.2) is 0 Å². The van der Waals surface area contributed by atoms with Crippen LogP contribution in [0.15, 0.2) is 0 Å². The minimum absolute atomic E-state index is 0.531. The first-order valence-electron chi connectivity index (χ1n) is 5.84. The molecule has 2 saturated carbocycles. The summed E-state index contributed by atoms with van der Waals surface area (Å²) in [5.41, 5.74) is 6.24. The molecule has 74 valence electrons. The molecule has 2 bridgehead atoms. The molecule has 0 aromatic heterocycles. The van der Waals surface area contributed by atoms with Gasteiger partial charge in [-0.15, -0.1) is 0 Å². The van der Waals surface area contributed by atoms with Crippen LogP contribution in [0.25, 0.3) is 0 Å². The number of nitrogens with zero attached hydrogens (tertiary/aromatic N) is 1. The second-order valence-corrected chi connectivity index (χ2v) is 5.21. The summed E-state index contributed by atoms with van der Waals surface area (Å²) in [4.78, 5) is 2.72. The summed E-state index contributed by atoms with van der Waals surface area (Å²) in [5, 5.41) is 0. The van der Waals surface area contributed by atoms with E-state index in [1.807, 2.05) is 0 Å². The van der Waals surface area contributed by atoms with E-state index < -0.39 is 0 Å². The van der Waals surface area contributed by atoms with E-state index in [1.54, 1.807) is 0 Å². The average molecular weight is 180 g/mol. The van der Waals surface area contributed by atoms with Crippen molar-refractivity contribution in [3.05, 3.63) is 0 Å². The Morgan fingerprint density at radius 2 is 1.54 bits per heavy atom. The molecule has 0 aromatic carbocycles. The molecule has 1 aliphatic heterocycles. The van der Waals surface area contributed by atoms with Gasteiger partial charge in [0.25, 0.3) is 0 Å². The summed E-state index contributed by atoms with van der Waals surface area (Å²) in [5.74, 6) is 1.65. The highest BCUT2D eigenvalue weighted by Gasteiger charge is 2.41. The Kier molecular flexibility index (Phi) is 1.88. The molecule has 1 saturated heterocycles. The molecule has 2 aliphatic carbocycles. The van der Waals surface area contributed by atoms with Gasteiger partial charge in [0.2, 0.25) is 0 Å². The van der Waals surface area contributed by atoms with Gasteiger partial charge in [-0.1, -0.05) is 6.42 Å². The summed E-state index contributed by atoms with van der Waals surface area (Å²) in [7, 11) is 0. The highest BCUT2D eigenvalue weighted by molar-refractivity contribution is 4.97. The van der Waals surface area contributed by atoms with E-state index in [-0.39, 0.29) is 0 Å². The van der Waals surface area contributed by atoms with Crippen molar-refractivity contribution in [1.29, 1.82) is 0 Å². The molecule has 2 N–H and O–H groups in total. The van der Waals surface area contributed by atoms with Crippen LogP contribution in [0.5, 0.6) is 0 Å². The molecular weight excluding hydrogens is 160 g/mol. The predicted octanol–water partition coefficient (Wildman–Crippen LogP) is 1.21. The van der Waals surface area contributed by atoms with E-state index in [2.05, 4.69) is 4.90 Å². The molecule has 2 atom stereocenters. The van der Waals surface area contributed by atoms with Gasteiger partial charge in [0.05, 0.1) is 0 Å². The molecule has 2 heteroatoms. The molecule has 0 amide bonds. The first-order chi connectivity index (χ1) is 6.34. The Bertz CT molecular complexity index is 186. The normalized spacial score (nSPS) is 46.4. The van der Waals surface area contributed by atoms with Crippen molar-refractivity contribution in [2.45, 2.75) is 44.2 Å². The van der Waals surface area contributed by atoms with Crippen molar-refractivity contribution < 1.29 is 0 Å². The van der Waals surface area contributed by atoms with E-state index >= 15 is 0 Å². The Hall–Kier alpha value is -0.0800. The van der Waals surface area contributed by atoms with Gasteiger partial charge in [-0.05, 0) is 37.5 Å². The fraction of sp³-hybridized carbons (Fsp3) is 1.00. The number of rotatable bonds is 1. The molecule has 0 radical (unpaired) electrons. The topological polar surface area (TPSA) is 29.3 Å². The molecule has 3 rings (SSSR count). The molecule has 3 fully saturated rings. The van der Waals surface area contributed by atoms with Crippen LogP contribution in [-0.2, 0) is 0 Å². The SMILES string of the molecule is NC1C2CCCC1CN(C1CC1)C2. The highest BCUT2D eigenvalue weighted by atomic mass is 15.2. The van der Waals surface area contributed by atoms with Gasteiger partial charge in [-0.25, -0.2) is 0 Å². The van der Waals surface area contributed by atoms with E-state index in [4.69, 9.17) is 5.73 Å². The molecule has 13 heavy (non-hydrogen) atoms. The van der Waals surface area contributed by atoms with Crippen LogP contribution in [0.4, 0.5) is 0 Å². The zero-order valence-electron chi connectivity index (χ0n) is 8.28. The maximum absolute atomic E-state index is 6.24. The fourth-order valence-electron chi connectivity index (χ4n) is 3.25. The Morgan fingerprint density at radius 3 is 2.08 bits per heavy atom. The van der Waals surface area contributed by atoms with Gasteiger partial charge >= 0.3 is 0 Å². The number of hydrogen-bond donors (Lipinski definition) is 1. The van der Waals surface area contributed by atoms with Crippen molar-refractivity contribution >= 4 is 0 Å². The summed E-state index contributed by atoms with van der Waals surface area (Å²) < 4.78 is 0. The number of likely N-dealkylation sites (tertiary alicyclic amines) is 1. The van der Waals surface area contributed by atoms with Gasteiger partial charge in [0, 0.05) is 25.2 Å². The van der Waals surface area contributed by atoms with Crippen LogP contribution in [0.1, 0.15) is 32.1 Å². The van der Waals surface area contributed by atoms with E-state index in [0.29, 0.717) is 6.04 Å². The molecule has 2 unspecified atom stereocenters. The average Bonchev–Trinajstić information content (AvgIpc) is 2.85. The summed E-state index contributed by atoms with van der Waals surface area (Å²) >= 11 is 0. The molecule has 0 spiro atoms. The summed E-state index contributed by atoms with van der Waals surface area (Å²) in [6, 6.07) is 1.49. The fourth-order valence-corrected chi connectivity index (χ4v) is 3.25. The smallest absolute Gasteiger partial charge is 0.0120 e. The number of fused-ring (bicyclic) bond motifs is 2. The Balaban J connectivity index is 1.72. The molecular formula is C11H20N2. The lowest BCUT2D eigenvalue weighted by molar-refractivity contribution is 0.0586. The van der Waals surface area contributed by atoms with Crippen LogP contribution in [0.2, 0.25) is 0 Å². The lowest BCUT2D eigenvalue weighted by Gasteiger charge is -2.46. The number of nitrogens with two attached hydrogens (primary N) is 1. The zero-order chi connectivity index (χ0) is 8.84. The largest absolute Gasteiger partial charge is 0.327 e. The van der Waals surface area contributed by atoms with E-state index in [1.165, 1.54) is 45.2 Å². The maximum atomic E-state index is 6.24. The Labute approximate surface area is 80.5 Å². The lowest BCUT2D eigenvalue weighted by atomic mass is 9.74. The Morgan fingerprint density at radius 1 is 0.923 bits per heavy atom. The van der Waals surface area contributed by atoms with Gasteiger partial charge in [-0.2, -0.15) is 0 Å². The van der Waals surface area contributed by atoms with Crippen molar-refractivity contribution in [1.82, 2.24) is 4.90 Å². The molecule has 3 aliphatic rings. The molecule has 2 nitrogen and oxygen atoms in total. The first-order valence-corrected chi connectivity index (χ1v) is 5.84. The van der Waals surface area contributed by atoms with Gasteiger partial charge < -0.3 is 5.73 Å². The number of hydrogen-bond acceptors (Lipinski definition) is 2. The summed E-state index contributed by atoms with van der Waals surface area (Å²) in [6.45, 7) is 2.62. The standard InChI is InChI=1S/C11H20N2/c12-11-8-2-1-3-9(11)7-13(6-8)10-4-5-10/h8-11H,1-7,12H2. The minimum Gasteiger partial charge on any atom is -0.327 e.